The fourth-order valence-corrected chi connectivity index (χ4v) is 4.00. The van der Waals surface area contributed by atoms with Crippen LogP contribution in [0.4, 0.5) is 0 Å². The second kappa shape index (κ2) is 9.60. The van der Waals surface area contributed by atoms with E-state index in [1.54, 1.807) is 7.11 Å². The summed E-state index contributed by atoms with van der Waals surface area (Å²) in [6, 6.07) is 15.3. The Balaban J connectivity index is 1.37. The zero-order valence-corrected chi connectivity index (χ0v) is 17.6. The number of hydrogen-bond donors (Lipinski definition) is 1. The number of pyridine rings is 1. The molecule has 1 amide bonds. The highest BCUT2D eigenvalue weighted by atomic mass is 16.5. The quantitative estimate of drug-likeness (QED) is 0.593. The van der Waals surface area contributed by atoms with Gasteiger partial charge in [0, 0.05) is 17.6 Å². The monoisotopic (exact) mass is 418 g/mol. The number of aryl methyl sites for hydroxylation is 1. The van der Waals surface area contributed by atoms with E-state index in [0.29, 0.717) is 18.5 Å². The normalized spacial score (nSPS) is 12.8. The molecule has 6 heteroatoms. The summed E-state index contributed by atoms with van der Waals surface area (Å²) >= 11 is 0. The van der Waals surface area contributed by atoms with E-state index in [1.807, 2.05) is 48.5 Å². The van der Waals surface area contributed by atoms with E-state index >= 15 is 0 Å². The summed E-state index contributed by atoms with van der Waals surface area (Å²) < 4.78 is 10.5. The lowest BCUT2D eigenvalue weighted by Gasteiger charge is -2.19. The molecule has 0 atom stereocenters. The number of aromatic nitrogens is 1. The third-order valence-corrected chi connectivity index (χ3v) is 5.60. The second-order valence-corrected chi connectivity index (χ2v) is 7.66. The topological polar surface area (TPSA) is 77.5 Å². The van der Waals surface area contributed by atoms with Gasteiger partial charge in [-0.3, -0.25) is 9.78 Å². The summed E-state index contributed by atoms with van der Waals surface area (Å²) in [6.45, 7) is 0.170. The minimum absolute atomic E-state index is 0.299. The molecule has 0 bridgehead atoms. The molecule has 0 saturated heterocycles. The van der Waals surface area contributed by atoms with Crippen LogP contribution >= 0.6 is 0 Å². The maximum Gasteiger partial charge on any atom is 0.339 e. The fourth-order valence-electron chi connectivity index (χ4n) is 4.00. The number of nitrogens with one attached hydrogen (secondary N) is 1. The van der Waals surface area contributed by atoms with Crippen LogP contribution in [0.2, 0.25) is 0 Å². The van der Waals surface area contributed by atoms with Crippen molar-refractivity contribution < 1.29 is 19.1 Å². The van der Waals surface area contributed by atoms with Gasteiger partial charge in [-0.25, -0.2) is 4.79 Å². The molecule has 2 aromatic carbocycles. The largest absolute Gasteiger partial charge is 0.497 e. The van der Waals surface area contributed by atoms with Gasteiger partial charge >= 0.3 is 5.97 Å². The second-order valence-electron chi connectivity index (χ2n) is 7.66. The van der Waals surface area contributed by atoms with Gasteiger partial charge in [0.05, 0.1) is 18.2 Å². The molecule has 1 N–H and O–H groups in total. The van der Waals surface area contributed by atoms with Crippen molar-refractivity contribution in [3.8, 4) is 5.75 Å². The molecule has 0 radical (unpaired) electrons. The van der Waals surface area contributed by atoms with Crippen molar-refractivity contribution >= 4 is 22.8 Å². The van der Waals surface area contributed by atoms with E-state index in [1.165, 1.54) is 0 Å². The summed E-state index contributed by atoms with van der Waals surface area (Å²) in [5.74, 6) is 0.0293. The molecular weight excluding hydrogens is 392 g/mol. The molecule has 0 fully saturated rings. The SMILES string of the molecule is COc1ccc(CCNC(=O)COC(=O)c2c3c(nc4ccccc24)CCCC3)cc1. The molecule has 31 heavy (non-hydrogen) atoms. The first-order valence-electron chi connectivity index (χ1n) is 10.6. The average Bonchev–Trinajstić information content (AvgIpc) is 2.81. The third-order valence-electron chi connectivity index (χ3n) is 5.60. The molecule has 1 aliphatic rings. The number of hydrogen-bond acceptors (Lipinski definition) is 5. The van der Waals surface area contributed by atoms with Gasteiger partial charge in [0.25, 0.3) is 5.91 Å². The van der Waals surface area contributed by atoms with Crippen LogP contribution in [0.5, 0.6) is 5.75 Å². The standard InChI is InChI=1S/C25H26N2O4/c1-30-18-12-10-17(11-13-18)14-15-26-23(28)16-31-25(29)24-19-6-2-4-8-21(19)27-22-9-5-3-7-20(22)24/h2,4,6,8,10-13H,3,5,7,9,14-16H2,1H3,(H,26,28). The van der Waals surface area contributed by atoms with Gasteiger partial charge in [-0.05, 0) is 61.4 Å². The number of para-hydroxylation sites is 1. The fraction of sp³-hybridized carbons (Fsp3) is 0.320. The van der Waals surface area contributed by atoms with Crippen molar-refractivity contribution in [2.24, 2.45) is 0 Å². The van der Waals surface area contributed by atoms with E-state index in [0.717, 1.165) is 59.2 Å². The van der Waals surface area contributed by atoms with Crippen LogP contribution < -0.4 is 10.1 Å². The van der Waals surface area contributed by atoms with Gasteiger partial charge in [0.2, 0.25) is 0 Å². The van der Waals surface area contributed by atoms with E-state index in [2.05, 4.69) is 5.32 Å². The van der Waals surface area contributed by atoms with Crippen molar-refractivity contribution in [2.75, 3.05) is 20.3 Å². The Kier molecular flexibility index (Phi) is 6.46. The van der Waals surface area contributed by atoms with Gasteiger partial charge in [-0.15, -0.1) is 0 Å². The summed E-state index contributed by atoms with van der Waals surface area (Å²) in [4.78, 5) is 29.9. The van der Waals surface area contributed by atoms with Crippen LogP contribution in [0.25, 0.3) is 10.9 Å². The Hall–Kier alpha value is -3.41. The Labute approximate surface area is 181 Å². The molecule has 0 saturated carbocycles. The van der Waals surface area contributed by atoms with Crippen molar-refractivity contribution in [2.45, 2.75) is 32.1 Å². The third kappa shape index (κ3) is 4.85. The van der Waals surface area contributed by atoms with Gasteiger partial charge in [-0.1, -0.05) is 30.3 Å². The molecule has 0 unspecified atom stereocenters. The highest BCUT2D eigenvalue weighted by molar-refractivity contribution is 6.05. The average molecular weight is 418 g/mol. The number of carbonyl (C=O) groups is 2. The smallest absolute Gasteiger partial charge is 0.339 e. The maximum atomic E-state index is 12.9. The van der Waals surface area contributed by atoms with Crippen LogP contribution in [-0.2, 0) is 28.8 Å². The van der Waals surface area contributed by atoms with Crippen molar-refractivity contribution in [3.05, 3.63) is 70.9 Å². The number of benzene rings is 2. The molecule has 6 nitrogen and oxygen atoms in total. The predicted octanol–water partition coefficient (Wildman–Crippen LogP) is 3.64. The minimum atomic E-state index is -0.456. The van der Waals surface area contributed by atoms with Crippen LogP contribution in [-0.4, -0.2) is 37.1 Å². The first kappa shape index (κ1) is 20.8. The maximum absolute atomic E-state index is 12.9. The number of ether oxygens (including phenoxy) is 2. The molecule has 3 aromatic rings. The summed E-state index contributed by atoms with van der Waals surface area (Å²) in [5.41, 5.74) is 4.38. The minimum Gasteiger partial charge on any atom is -0.497 e. The molecule has 1 aromatic heterocycles. The number of methoxy groups -OCH3 is 1. The number of amides is 1. The predicted molar refractivity (Wildman–Crippen MR) is 118 cm³/mol. The zero-order valence-electron chi connectivity index (χ0n) is 17.6. The summed E-state index contributed by atoms with van der Waals surface area (Å²) in [5, 5.41) is 3.59. The van der Waals surface area contributed by atoms with Gasteiger partial charge in [-0.2, -0.15) is 0 Å². The Morgan fingerprint density at radius 2 is 1.81 bits per heavy atom. The first-order valence-corrected chi connectivity index (χ1v) is 10.6. The van der Waals surface area contributed by atoms with Crippen LogP contribution in [0.3, 0.4) is 0 Å². The van der Waals surface area contributed by atoms with Crippen molar-refractivity contribution in [1.82, 2.24) is 10.3 Å². The highest BCUT2D eigenvalue weighted by Crippen LogP contribution is 2.29. The highest BCUT2D eigenvalue weighted by Gasteiger charge is 2.24. The Morgan fingerprint density at radius 3 is 2.61 bits per heavy atom. The zero-order chi connectivity index (χ0) is 21.6. The first-order chi connectivity index (χ1) is 15.2. The van der Waals surface area contributed by atoms with Crippen LogP contribution in [0.15, 0.2) is 48.5 Å². The molecular formula is C25H26N2O4. The van der Waals surface area contributed by atoms with E-state index in [-0.39, 0.29) is 12.5 Å². The van der Waals surface area contributed by atoms with E-state index in [4.69, 9.17) is 14.5 Å². The van der Waals surface area contributed by atoms with Gasteiger partial charge < -0.3 is 14.8 Å². The number of carbonyl (C=O) groups excluding carboxylic acids is 2. The molecule has 0 aliphatic heterocycles. The van der Waals surface area contributed by atoms with Gasteiger partial charge in [0.1, 0.15) is 5.75 Å². The molecule has 4 rings (SSSR count). The van der Waals surface area contributed by atoms with Crippen molar-refractivity contribution in [3.63, 3.8) is 0 Å². The number of rotatable bonds is 7. The number of nitrogens with zero attached hydrogens (tertiary/aromatic N) is 1. The lowest BCUT2D eigenvalue weighted by molar-refractivity contribution is -0.124. The Morgan fingerprint density at radius 1 is 1.03 bits per heavy atom. The molecule has 1 heterocycles. The lowest BCUT2D eigenvalue weighted by atomic mass is 9.90. The van der Waals surface area contributed by atoms with E-state index < -0.39 is 5.97 Å². The Bertz CT molecular complexity index is 1090. The summed E-state index contributed by atoms with van der Waals surface area (Å²) in [7, 11) is 1.63. The van der Waals surface area contributed by atoms with E-state index in [9.17, 15) is 9.59 Å². The summed E-state index contributed by atoms with van der Waals surface area (Å²) in [6.07, 6.45) is 4.46. The molecule has 0 spiro atoms. The van der Waals surface area contributed by atoms with Gasteiger partial charge in [0.15, 0.2) is 6.61 Å². The number of esters is 1. The molecule has 1 aliphatic carbocycles. The molecule has 160 valence electrons. The number of fused-ring (bicyclic) bond motifs is 2. The van der Waals surface area contributed by atoms with Crippen LogP contribution in [0, 0.1) is 0 Å². The van der Waals surface area contributed by atoms with Crippen LogP contribution in [0.1, 0.15) is 40.0 Å². The van der Waals surface area contributed by atoms with Crippen molar-refractivity contribution in [1.29, 1.82) is 0 Å². The lowest BCUT2D eigenvalue weighted by Crippen LogP contribution is -2.30.